The van der Waals surface area contributed by atoms with Gasteiger partial charge in [-0.2, -0.15) is 0 Å². The average molecular weight is 425 g/mol. The number of nitrogens with one attached hydrogen (secondary N) is 2. The highest BCUT2D eigenvalue weighted by atomic mass is 127. The summed E-state index contributed by atoms with van der Waals surface area (Å²) in [7, 11) is 0. The molecule has 5 heteroatoms. The molecule has 0 aliphatic heterocycles. The average Bonchev–Trinajstić information content (AvgIpc) is 3.17. The van der Waals surface area contributed by atoms with E-state index in [0.717, 1.165) is 24.8 Å². The van der Waals surface area contributed by atoms with Crippen molar-refractivity contribution >= 4 is 29.9 Å². The Morgan fingerprint density at radius 3 is 2.52 bits per heavy atom. The smallest absolute Gasteiger partial charge is 0.191 e. The maximum absolute atomic E-state index is 5.33. The largest absolute Gasteiger partial charge is 0.467 e. The van der Waals surface area contributed by atoms with Crippen molar-refractivity contribution < 1.29 is 4.42 Å². The van der Waals surface area contributed by atoms with Gasteiger partial charge in [0.05, 0.1) is 6.26 Å². The Hall–Kier alpha value is -1.50. The minimum Gasteiger partial charge on any atom is -0.467 e. The number of halogens is 1. The number of hydrogen-bond acceptors (Lipinski definition) is 2. The van der Waals surface area contributed by atoms with Gasteiger partial charge in [-0.25, -0.2) is 4.99 Å². The predicted molar refractivity (Wildman–Crippen MR) is 104 cm³/mol. The molecule has 0 unspecified atom stereocenters. The molecule has 2 N–H and O–H groups in total. The van der Waals surface area contributed by atoms with Gasteiger partial charge < -0.3 is 15.1 Å². The van der Waals surface area contributed by atoms with Gasteiger partial charge in [-0.3, -0.25) is 0 Å². The number of guanidine groups is 1. The summed E-state index contributed by atoms with van der Waals surface area (Å²) in [5.74, 6) is 1.72. The third kappa shape index (κ3) is 4.73. The van der Waals surface area contributed by atoms with Crippen molar-refractivity contribution in [2.45, 2.75) is 31.7 Å². The Labute approximate surface area is 154 Å². The van der Waals surface area contributed by atoms with Crippen LogP contribution in [0.3, 0.4) is 0 Å². The summed E-state index contributed by atoms with van der Waals surface area (Å²) in [4.78, 5) is 4.58. The molecule has 23 heavy (non-hydrogen) atoms. The van der Waals surface area contributed by atoms with Crippen molar-refractivity contribution in [3.8, 4) is 0 Å². The zero-order valence-corrected chi connectivity index (χ0v) is 15.7. The van der Waals surface area contributed by atoms with E-state index >= 15 is 0 Å². The number of benzene rings is 1. The van der Waals surface area contributed by atoms with E-state index in [4.69, 9.17) is 4.42 Å². The second kappa shape index (κ2) is 8.38. The van der Waals surface area contributed by atoms with Crippen LogP contribution in [0.25, 0.3) is 0 Å². The molecule has 124 valence electrons. The maximum Gasteiger partial charge on any atom is 0.191 e. The monoisotopic (exact) mass is 425 g/mol. The molecule has 1 saturated carbocycles. The van der Waals surface area contributed by atoms with Gasteiger partial charge in [0.15, 0.2) is 5.96 Å². The van der Waals surface area contributed by atoms with Gasteiger partial charge in [0.25, 0.3) is 0 Å². The first-order valence-corrected chi connectivity index (χ1v) is 7.92. The fourth-order valence-corrected chi connectivity index (χ4v) is 2.66. The molecule has 0 amide bonds. The molecule has 1 heterocycles. The van der Waals surface area contributed by atoms with Crippen LogP contribution in [0.15, 0.2) is 58.1 Å². The summed E-state index contributed by atoms with van der Waals surface area (Å²) in [6, 6.07) is 14.6. The van der Waals surface area contributed by atoms with Crippen LogP contribution in [0.2, 0.25) is 0 Å². The molecular weight excluding hydrogens is 401 g/mol. The lowest BCUT2D eigenvalue weighted by Crippen LogP contribution is -2.41. The van der Waals surface area contributed by atoms with Crippen LogP contribution < -0.4 is 10.6 Å². The standard InChI is InChI=1S/C18H23N3O.HI/c1-2-19-17(20-13-16-9-6-12-22-16)21-14-18(10-11-18)15-7-4-3-5-8-15;/h3-9,12H,2,10-11,13-14H2,1H3,(H2,19,20,21);1H. The van der Waals surface area contributed by atoms with E-state index in [9.17, 15) is 0 Å². The normalized spacial score (nSPS) is 15.6. The van der Waals surface area contributed by atoms with Gasteiger partial charge in [-0.15, -0.1) is 24.0 Å². The van der Waals surface area contributed by atoms with Gasteiger partial charge in [0, 0.05) is 18.5 Å². The third-order valence-electron chi connectivity index (χ3n) is 4.15. The van der Waals surface area contributed by atoms with E-state index in [1.165, 1.54) is 18.4 Å². The first-order valence-electron chi connectivity index (χ1n) is 7.92. The molecule has 1 aliphatic rings. The van der Waals surface area contributed by atoms with Crippen LogP contribution in [0, 0.1) is 0 Å². The van der Waals surface area contributed by atoms with Crippen LogP contribution in [0.5, 0.6) is 0 Å². The van der Waals surface area contributed by atoms with Crippen molar-refractivity contribution in [2.75, 3.05) is 13.1 Å². The lowest BCUT2D eigenvalue weighted by molar-refractivity contribution is 0.511. The second-order valence-corrected chi connectivity index (χ2v) is 5.77. The Balaban J connectivity index is 0.00000192. The molecule has 1 aromatic carbocycles. The van der Waals surface area contributed by atoms with E-state index in [1.54, 1.807) is 6.26 Å². The lowest BCUT2D eigenvalue weighted by atomic mass is 9.96. The van der Waals surface area contributed by atoms with Crippen molar-refractivity contribution in [1.29, 1.82) is 0 Å². The van der Waals surface area contributed by atoms with Gasteiger partial charge in [0.2, 0.25) is 0 Å². The minimum absolute atomic E-state index is 0. The van der Waals surface area contributed by atoms with E-state index in [2.05, 4.69) is 52.9 Å². The Bertz CT molecular complexity index is 606. The molecule has 3 rings (SSSR count). The predicted octanol–water partition coefficient (Wildman–Crippen LogP) is 3.68. The molecule has 0 bridgehead atoms. The fourth-order valence-electron chi connectivity index (χ4n) is 2.66. The third-order valence-corrected chi connectivity index (χ3v) is 4.15. The van der Waals surface area contributed by atoms with Crippen LogP contribution >= 0.6 is 24.0 Å². The van der Waals surface area contributed by atoms with Gasteiger partial charge in [-0.05, 0) is 37.5 Å². The molecule has 1 aliphatic carbocycles. The number of aliphatic imine (C=N–C) groups is 1. The van der Waals surface area contributed by atoms with Crippen LogP contribution in [-0.4, -0.2) is 19.0 Å². The molecule has 1 aromatic heterocycles. The molecule has 4 nitrogen and oxygen atoms in total. The summed E-state index contributed by atoms with van der Waals surface area (Å²) in [6.07, 6.45) is 4.16. The zero-order chi connectivity index (χ0) is 15.3. The van der Waals surface area contributed by atoms with Crippen molar-refractivity contribution in [3.63, 3.8) is 0 Å². The van der Waals surface area contributed by atoms with E-state index in [1.807, 2.05) is 12.1 Å². The van der Waals surface area contributed by atoms with E-state index in [0.29, 0.717) is 6.54 Å². The Morgan fingerprint density at radius 2 is 1.91 bits per heavy atom. The lowest BCUT2D eigenvalue weighted by Gasteiger charge is -2.19. The van der Waals surface area contributed by atoms with E-state index < -0.39 is 0 Å². The highest BCUT2D eigenvalue weighted by molar-refractivity contribution is 14.0. The summed E-state index contributed by atoms with van der Waals surface area (Å²) in [5.41, 5.74) is 1.70. The Morgan fingerprint density at radius 1 is 1.13 bits per heavy atom. The summed E-state index contributed by atoms with van der Waals surface area (Å²) in [5, 5.41) is 6.78. The summed E-state index contributed by atoms with van der Waals surface area (Å²) in [6.45, 7) is 4.40. The molecule has 2 aromatic rings. The van der Waals surface area contributed by atoms with Crippen LogP contribution in [-0.2, 0) is 12.0 Å². The zero-order valence-electron chi connectivity index (χ0n) is 13.4. The number of nitrogens with zero attached hydrogens (tertiary/aromatic N) is 1. The summed E-state index contributed by atoms with van der Waals surface area (Å²) < 4.78 is 5.33. The molecule has 0 atom stereocenters. The first-order chi connectivity index (χ1) is 10.8. The number of furan rings is 1. The van der Waals surface area contributed by atoms with Crippen molar-refractivity contribution in [3.05, 3.63) is 60.1 Å². The highest BCUT2D eigenvalue weighted by Gasteiger charge is 2.43. The van der Waals surface area contributed by atoms with Crippen molar-refractivity contribution in [1.82, 2.24) is 10.6 Å². The number of rotatable bonds is 6. The molecule has 0 radical (unpaired) electrons. The van der Waals surface area contributed by atoms with Gasteiger partial charge >= 0.3 is 0 Å². The molecular formula is C18H24IN3O. The van der Waals surface area contributed by atoms with Crippen molar-refractivity contribution in [2.24, 2.45) is 4.99 Å². The number of hydrogen-bond donors (Lipinski definition) is 2. The maximum atomic E-state index is 5.33. The van der Waals surface area contributed by atoms with E-state index in [-0.39, 0.29) is 29.4 Å². The van der Waals surface area contributed by atoms with Gasteiger partial charge in [0.1, 0.15) is 12.3 Å². The summed E-state index contributed by atoms with van der Waals surface area (Å²) >= 11 is 0. The molecule has 0 spiro atoms. The van der Waals surface area contributed by atoms with Gasteiger partial charge in [-0.1, -0.05) is 30.3 Å². The quantitative estimate of drug-likeness (QED) is 0.422. The second-order valence-electron chi connectivity index (χ2n) is 5.77. The highest BCUT2D eigenvalue weighted by Crippen LogP contribution is 2.47. The Kier molecular flexibility index (Phi) is 6.50. The fraction of sp³-hybridized carbons (Fsp3) is 0.389. The minimum atomic E-state index is 0. The molecule has 0 saturated heterocycles. The first kappa shape index (κ1) is 17.8. The SMILES string of the molecule is CCNC(=NCc1ccco1)NCC1(c2ccccc2)CC1.I. The topological polar surface area (TPSA) is 49.6 Å². The van der Waals surface area contributed by atoms with Crippen LogP contribution in [0.4, 0.5) is 0 Å². The van der Waals surface area contributed by atoms with Crippen LogP contribution in [0.1, 0.15) is 31.1 Å². The molecule has 1 fully saturated rings.